The van der Waals surface area contributed by atoms with E-state index < -0.39 is 11.9 Å². The first-order valence-electron chi connectivity index (χ1n) is 5.45. The molecule has 6 atom stereocenters. The Hall–Kier alpha value is -0.420. The van der Waals surface area contributed by atoms with Crippen molar-refractivity contribution in [2.24, 2.45) is 17.8 Å². The zero-order chi connectivity index (χ0) is 10.8. The van der Waals surface area contributed by atoms with Crippen molar-refractivity contribution < 1.29 is 20.1 Å². The van der Waals surface area contributed by atoms with Gasteiger partial charge in [0.15, 0.2) is 5.79 Å². The Morgan fingerprint density at radius 1 is 1.60 bits per heavy atom. The van der Waals surface area contributed by atoms with Gasteiger partial charge in [-0.2, -0.15) is 0 Å². The summed E-state index contributed by atoms with van der Waals surface area (Å²) >= 11 is 0. The third kappa shape index (κ3) is 0.959. The topological polar surface area (TPSA) is 69.9 Å². The lowest BCUT2D eigenvalue weighted by atomic mass is 9.55. The van der Waals surface area contributed by atoms with E-state index in [0.29, 0.717) is 0 Å². The van der Waals surface area contributed by atoms with Crippen molar-refractivity contribution in [3.63, 3.8) is 0 Å². The van der Waals surface area contributed by atoms with Crippen molar-refractivity contribution in [2.75, 3.05) is 6.61 Å². The summed E-state index contributed by atoms with van der Waals surface area (Å²) in [6.45, 7) is 1.89. The van der Waals surface area contributed by atoms with E-state index in [0.717, 1.165) is 12.0 Å². The minimum absolute atomic E-state index is 0.0188. The van der Waals surface area contributed by atoms with Crippen LogP contribution in [0, 0.1) is 17.8 Å². The molecule has 0 spiro atoms. The van der Waals surface area contributed by atoms with Crippen LogP contribution in [0.2, 0.25) is 0 Å². The zero-order valence-electron chi connectivity index (χ0n) is 8.63. The number of aliphatic hydroxyl groups excluding tert-OH is 2. The molecule has 3 N–H and O–H groups in total. The SMILES string of the molecule is CC1=CC[C@H]2[C@H]3[C@@H]1[C@H](O)[C@@]3(O)O[C@@H]2CO. The monoisotopic (exact) mass is 212 g/mol. The summed E-state index contributed by atoms with van der Waals surface area (Å²) in [4.78, 5) is 0. The van der Waals surface area contributed by atoms with Crippen molar-refractivity contribution in [1.29, 1.82) is 0 Å². The summed E-state index contributed by atoms with van der Waals surface area (Å²) in [6, 6.07) is 0. The van der Waals surface area contributed by atoms with Crippen LogP contribution in [0.1, 0.15) is 13.3 Å². The molecule has 4 heteroatoms. The average Bonchev–Trinajstić information content (AvgIpc) is 2.51. The van der Waals surface area contributed by atoms with Crippen LogP contribution in [-0.2, 0) is 4.74 Å². The smallest absolute Gasteiger partial charge is 0.196 e. The van der Waals surface area contributed by atoms with Crippen LogP contribution in [-0.4, -0.2) is 39.9 Å². The highest BCUT2D eigenvalue weighted by atomic mass is 16.7. The Bertz CT molecular complexity index is 327. The van der Waals surface area contributed by atoms with Gasteiger partial charge in [-0.3, -0.25) is 0 Å². The van der Waals surface area contributed by atoms with Crippen molar-refractivity contribution in [2.45, 2.75) is 31.3 Å². The fourth-order valence-corrected chi connectivity index (χ4v) is 3.53. The first-order chi connectivity index (χ1) is 7.09. The molecule has 4 nitrogen and oxygen atoms in total. The Labute approximate surface area is 88.2 Å². The highest BCUT2D eigenvalue weighted by molar-refractivity contribution is 5.27. The molecule has 0 aromatic heterocycles. The number of hydrogen-bond donors (Lipinski definition) is 3. The van der Waals surface area contributed by atoms with Crippen molar-refractivity contribution in [3.05, 3.63) is 11.6 Å². The van der Waals surface area contributed by atoms with Crippen LogP contribution in [0.15, 0.2) is 11.6 Å². The van der Waals surface area contributed by atoms with E-state index in [1.54, 1.807) is 0 Å². The largest absolute Gasteiger partial charge is 0.394 e. The minimum atomic E-state index is -1.40. The maximum absolute atomic E-state index is 10.1. The second kappa shape index (κ2) is 2.83. The van der Waals surface area contributed by atoms with Crippen molar-refractivity contribution >= 4 is 0 Å². The fourth-order valence-electron chi connectivity index (χ4n) is 3.53. The molecule has 15 heavy (non-hydrogen) atoms. The van der Waals surface area contributed by atoms with Crippen LogP contribution in [0.5, 0.6) is 0 Å². The standard InChI is InChI=1S/C11H16O4/c1-5-2-3-6-7(4-12)15-11(14)9(6)8(5)10(11)13/h2,6-10,12-14H,3-4H2,1H3/t6-,7-,8-,9+,10+,11+/m1/s1. The van der Waals surface area contributed by atoms with Gasteiger partial charge in [-0.15, -0.1) is 0 Å². The van der Waals surface area contributed by atoms with Crippen molar-refractivity contribution in [3.8, 4) is 0 Å². The summed E-state index contributed by atoms with van der Waals surface area (Å²) in [5.41, 5.74) is 1.13. The summed E-state index contributed by atoms with van der Waals surface area (Å²) in [5, 5.41) is 29.2. The Balaban J connectivity index is 1.99. The zero-order valence-corrected chi connectivity index (χ0v) is 8.63. The number of aliphatic hydroxyl groups is 3. The predicted octanol–water partition coefficient (Wildman–Crippen LogP) is -0.361. The highest BCUT2D eigenvalue weighted by Crippen LogP contribution is 2.61. The molecule has 0 radical (unpaired) electrons. The number of hydrogen-bond acceptors (Lipinski definition) is 4. The van der Waals surface area contributed by atoms with E-state index in [4.69, 9.17) is 9.84 Å². The van der Waals surface area contributed by atoms with E-state index in [2.05, 4.69) is 6.08 Å². The second-order valence-corrected chi connectivity index (χ2v) is 4.93. The van der Waals surface area contributed by atoms with Gasteiger partial charge >= 0.3 is 0 Å². The van der Waals surface area contributed by atoms with E-state index in [1.165, 1.54) is 0 Å². The lowest BCUT2D eigenvalue weighted by molar-refractivity contribution is -0.334. The van der Waals surface area contributed by atoms with E-state index in [1.807, 2.05) is 6.92 Å². The van der Waals surface area contributed by atoms with Crippen molar-refractivity contribution in [1.82, 2.24) is 0 Å². The van der Waals surface area contributed by atoms with E-state index in [9.17, 15) is 10.2 Å². The fraction of sp³-hybridized carbons (Fsp3) is 0.818. The van der Waals surface area contributed by atoms with Gasteiger partial charge in [0.05, 0.1) is 12.7 Å². The van der Waals surface area contributed by atoms with Gasteiger partial charge in [-0.05, 0) is 19.3 Å². The normalized spacial score (nSPS) is 57.1. The first kappa shape index (κ1) is 9.78. The summed E-state index contributed by atoms with van der Waals surface area (Å²) in [7, 11) is 0. The first-order valence-corrected chi connectivity index (χ1v) is 5.45. The summed E-state index contributed by atoms with van der Waals surface area (Å²) in [5.74, 6) is -1.27. The maximum atomic E-state index is 10.1. The van der Waals surface area contributed by atoms with Gasteiger partial charge in [0.1, 0.15) is 6.10 Å². The molecule has 0 aromatic carbocycles. The van der Waals surface area contributed by atoms with Crippen LogP contribution in [0.4, 0.5) is 0 Å². The summed E-state index contributed by atoms with van der Waals surface area (Å²) < 4.78 is 5.39. The van der Waals surface area contributed by atoms with Gasteiger partial charge in [0.2, 0.25) is 0 Å². The second-order valence-electron chi connectivity index (χ2n) is 4.93. The van der Waals surface area contributed by atoms with Gasteiger partial charge in [-0.25, -0.2) is 0 Å². The molecule has 1 saturated carbocycles. The molecule has 0 unspecified atom stereocenters. The lowest BCUT2D eigenvalue weighted by Crippen LogP contribution is -2.66. The molecule has 0 aromatic rings. The molecular weight excluding hydrogens is 196 g/mol. The minimum Gasteiger partial charge on any atom is -0.394 e. The molecule has 0 bridgehead atoms. The predicted molar refractivity (Wildman–Crippen MR) is 51.8 cm³/mol. The molecule has 3 rings (SSSR count). The highest BCUT2D eigenvalue weighted by Gasteiger charge is 2.71. The molecule has 0 amide bonds. The molecule has 1 saturated heterocycles. The number of ether oxygens (including phenoxy) is 1. The van der Waals surface area contributed by atoms with Gasteiger partial charge in [0, 0.05) is 11.8 Å². The quantitative estimate of drug-likeness (QED) is 0.519. The molecular formula is C11H16O4. The molecule has 3 aliphatic rings. The van der Waals surface area contributed by atoms with Gasteiger partial charge in [-0.1, -0.05) is 11.6 Å². The average molecular weight is 212 g/mol. The third-order valence-electron chi connectivity index (χ3n) is 4.33. The summed E-state index contributed by atoms with van der Waals surface area (Å²) in [6.07, 6.45) is 1.75. The van der Waals surface area contributed by atoms with E-state index >= 15 is 0 Å². The number of rotatable bonds is 1. The Kier molecular flexibility index (Phi) is 1.84. The van der Waals surface area contributed by atoms with Crippen LogP contribution in [0.3, 0.4) is 0 Å². The van der Waals surface area contributed by atoms with E-state index in [-0.39, 0.29) is 30.5 Å². The van der Waals surface area contributed by atoms with Crippen LogP contribution < -0.4 is 0 Å². The van der Waals surface area contributed by atoms with Gasteiger partial charge in [0.25, 0.3) is 0 Å². The molecule has 84 valence electrons. The van der Waals surface area contributed by atoms with Crippen LogP contribution in [0.25, 0.3) is 0 Å². The number of allylic oxidation sites excluding steroid dienone is 1. The maximum Gasteiger partial charge on any atom is 0.196 e. The molecule has 2 aliphatic carbocycles. The molecule has 2 fully saturated rings. The third-order valence-corrected chi connectivity index (χ3v) is 4.33. The Morgan fingerprint density at radius 2 is 2.33 bits per heavy atom. The van der Waals surface area contributed by atoms with Crippen LogP contribution >= 0.6 is 0 Å². The van der Waals surface area contributed by atoms with Gasteiger partial charge < -0.3 is 20.1 Å². The Morgan fingerprint density at radius 3 is 3.00 bits per heavy atom. The lowest BCUT2D eigenvalue weighted by Gasteiger charge is -2.54. The molecule has 1 heterocycles. The molecule has 1 aliphatic heterocycles.